The van der Waals surface area contributed by atoms with Gasteiger partial charge in [-0.2, -0.15) is 22.6 Å². The average Bonchev–Trinajstić information content (AvgIpc) is 3.48. The summed E-state index contributed by atoms with van der Waals surface area (Å²) in [5.41, 5.74) is 0.844. The van der Waals surface area contributed by atoms with Gasteiger partial charge in [0, 0.05) is 47.5 Å². The summed E-state index contributed by atoms with van der Waals surface area (Å²) >= 11 is 0.903. The van der Waals surface area contributed by atoms with Crippen molar-refractivity contribution >= 4 is 37.5 Å². The van der Waals surface area contributed by atoms with Gasteiger partial charge in [-0.25, -0.2) is 13.4 Å². The van der Waals surface area contributed by atoms with Gasteiger partial charge in [0.2, 0.25) is 5.13 Å². The Morgan fingerprint density at radius 1 is 0.971 bits per heavy atom. The lowest BCUT2D eigenvalue weighted by Crippen LogP contribution is -2.12. The summed E-state index contributed by atoms with van der Waals surface area (Å²) < 4.78 is 73.6. The zero-order chi connectivity index (χ0) is 24.8. The molecule has 0 aliphatic carbocycles. The first-order chi connectivity index (χ1) is 16.6. The number of benzene rings is 2. The predicted octanol–water partition coefficient (Wildman–Crippen LogP) is 4.97. The van der Waals surface area contributed by atoms with Crippen molar-refractivity contribution in [3.8, 4) is 22.5 Å². The molecule has 13 heteroatoms. The Morgan fingerprint density at radius 3 is 2.49 bits per heavy atom. The summed E-state index contributed by atoms with van der Waals surface area (Å²) in [5, 5.41) is 5.34. The highest BCUT2D eigenvalue weighted by Crippen LogP contribution is 2.39. The SMILES string of the molecule is Cn1nccc1-c1cc(C(F)(F)F)ccc1-c1nccc2cc(S(=O)(=O)Nc3ncns3)ccc12. The van der Waals surface area contributed by atoms with Gasteiger partial charge in [0.25, 0.3) is 10.0 Å². The summed E-state index contributed by atoms with van der Waals surface area (Å²) in [6.07, 6.45) is -0.305. The molecule has 0 aliphatic heterocycles. The Bertz CT molecular complexity index is 1650. The van der Waals surface area contributed by atoms with Crippen LogP contribution in [0.25, 0.3) is 33.3 Å². The van der Waals surface area contributed by atoms with Crippen LogP contribution >= 0.6 is 11.5 Å². The zero-order valence-corrected chi connectivity index (χ0v) is 19.5. The van der Waals surface area contributed by atoms with Gasteiger partial charge in [0.15, 0.2) is 0 Å². The molecule has 0 radical (unpaired) electrons. The maximum atomic E-state index is 13.5. The zero-order valence-electron chi connectivity index (χ0n) is 17.9. The van der Waals surface area contributed by atoms with E-state index in [1.165, 1.54) is 41.6 Å². The van der Waals surface area contributed by atoms with Crippen LogP contribution in [-0.4, -0.2) is 32.5 Å². The minimum Gasteiger partial charge on any atom is -0.268 e. The van der Waals surface area contributed by atoms with Gasteiger partial charge >= 0.3 is 6.18 Å². The van der Waals surface area contributed by atoms with E-state index in [1.807, 2.05) is 0 Å². The molecule has 0 spiro atoms. The molecule has 0 bridgehead atoms. The van der Waals surface area contributed by atoms with Gasteiger partial charge in [0.05, 0.1) is 21.8 Å². The molecule has 0 amide bonds. The number of fused-ring (bicyclic) bond motifs is 1. The van der Waals surface area contributed by atoms with Crippen molar-refractivity contribution in [1.82, 2.24) is 24.1 Å². The summed E-state index contributed by atoms with van der Waals surface area (Å²) in [6, 6.07) is 11.1. The number of rotatable bonds is 5. The minimum absolute atomic E-state index is 0.00312. The Balaban J connectivity index is 1.66. The number of nitrogens with zero attached hydrogens (tertiary/aromatic N) is 5. The number of halogens is 3. The molecule has 5 rings (SSSR count). The van der Waals surface area contributed by atoms with E-state index in [4.69, 9.17) is 0 Å². The molecular weight excluding hydrogens is 501 g/mol. The van der Waals surface area contributed by atoms with Crippen LogP contribution < -0.4 is 4.72 Å². The molecule has 35 heavy (non-hydrogen) atoms. The predicted molar refractivity (Wildman–Crippen MR) is 125 cm³/mol. The van der Waals surface area contributed by atoms with Crippen LogP contribution in [0.2, 0.25) is 0 Å². The molecule has 0 aliphatic rings. The third kappa shape index (κ3) is 4.35. The maximum absolute atomic E-state index is 13.5. The minimum atomic E-state index is -4.53. The van der Waals surface area contributed by atoms with E-state index in [0.29, 0.717) is 33.3 Å². The van der Waals surface area contributed by atoms with Crippen LogP contribution in [0.15, 0.2) is 72.1 Å². The molecule has 178 valence electrons. The highest BCUT2D eigenvalue weighted by Gasteiger charge is 2.32. The fraction of sp³-hybridized carbons (Fsp3) is 0.0909. The Morgan fingerprint density at radius 2 is 1.80 bits per heavy atom. The molecule has 0 unspecified atom stereocenters. The van der Waals surface area contributed by atoms with Crippen LogP contribution in [0.1, 0.15) is 5.56 Å². The van der Waals surface area contributed by atoms with Crippen molar-refractivity contribution < 1.29 is 21.6 Å². The topological polar surface area (TPSA) is 103 Å². The number of nitrogens with one attached hydrogen (secondary N) is 1. The van der Waals surface area contributed by atoms with Gasteiger partial charge in [-0.1, -0.05) is 12.1 Å². The Hall–Kier alpha value is -3.84. The van der Waals surface area contributed by atoms with Gasteiger partial charge in [-0.15, -0.1) is 0 Å². The second kappa shape index (κ2) is 8.43. The summed E-state index contributed by atoms with van der Waals surface area (Å²) in [4.78, 5) is 8.25. The second-order valence-electron chi connectivity index (χ2n) is 7.49. The average molecular weight is 517 g/mol. The van der Waals surface area contributed by atoms with E-state index in [0.717, 1.165) is 23.7 Å². The highest BCUT2D eigenvalue weighted by molar-refractivity contribution is 7.93. The van der Waals surface area contributed by atoms with Crippen LogP contribution in [0.4, 0.5) is 18.3 Å². The van der Waals surface area contributed by atoms with Crippen molar-refractivity contribution in [1.29, 1.82) is 0 Å². The van der Waals surface area contributed by atoms with E-state index in [-0.39, 0.29) is 10.0 Å². The van der Waals surface area contributed by atoms with Crippen molar-refractivity contribution in [2.45, 2.75) is 11.1 Å². The first kappa shape index (κ1) is 22.9. The van der Waals surface area contributed by atoms with Crippen molar-refractivity contribution in [2.75, 3.05) is 4.72 Å². The van der Waals surface area contributed by atoms with Gasteiger partial charge < -0.3 is 0 Å². The Labute approximate surface area is 201 Å². The Kier molecular flexibility index (Phi) is 5.52. The monoisotopic (exact) mass is 516 g/mol. The van der Waals surface area contributed by atoms with Crippen LogP contribution in [0.5, 0.6) is 0 Å². The number of alkyl halides is 3. The lowest BCUT2D eigenvalue weighted by atomic mass is 9.95. The number of hydrogen-bond donors (Lipinski definition) is 1. The maximum Gasteiger partial charge on any atom is 0.416 e. The normalized spacial score (nSPS) is 12.2. The van der Waals surface area contributed by atoms with Crippen LogP contribution in [0.3, 0.4) is 0 Å². The smallest absolute Gasteiger partial charge is 0.268 e. The molecule has 2 aromatic carbocycles. The quantitative estimate of drug-likeness (QED) is 0.354. The standard InChI is InChI=1S/C22H15F3N6O2S2/c1-31-19(7-9-28-31)18-11-14(22(23,24)25)2-4-17(18)20-16-5-3-15(10-13(16)6-8-26-20)35(32,33)30-21-27-12-29-34-21/h2-12H,1H3,(H,27,29,30). The van der Waals surface area contributed by atoms with E-state index in [1.54, 1.807) is 25.2 Å². The van der Waals surface area contributed by atoms with E-state index < -0.39 is 21.8 Å². The van der Waals surface area contributed by atoms with Crippen molar-refractivity contribution in [3.63, 3.8) is 0 Å². The van der Waals surface area contributed by atoms with Gasteiger partial charge in [-0.3, -0.25) is 14.4 Å². The molecule has 0 atom stereocenters. The summed E-state index contributed by atoms with van der Waals surface area (Å²) in [7, 11) is -2.29. The van der Waals surface area contributed by atoms with E-state index >= 15 is 0 Å². The number of sulfonamides is 1. The van der Waals surface area contributed by atoms with E-state index in [9.17, 15) is 21.6 Å². The number of hydrogen-bond acceptors (Lipinski definition) is 7. The molecule has 0 fully saturated rings. The third-order valence-electron chi connectivity index (χ3n) is 5.33. The molecule has 0 saturated heterocycles. The van der Waals surface area contributed by atoms with Gasteiger partial charge in [0.1, 0.15) is 6.33 Å². The first-order valence-corrected chi connectivity index (χ1v) is 12.3. The summed E-state index contributed by atoms with van der Waals surface area (Å²) in [6.45, 7) is 0. The molecule has 0 saturated carbocycles. The third-order valence-corrected chi connectivity index (χ3v) is 7.37. The molecule has 3 heterocycles. The lowest BCUT2D eigenvalue weighted by molar-refractivity contribution is -0.137. The number of pyridine rings is 1. The molecule has 8 nitrogen and oxygen atoms in total. The summed E-state index contributed by atoms with van der Waals surface area (Å²) in [5.74, 6) is 0. The largest absolute Gasteiger partial charge is 0.416 e. The molecule has 1 N–H and O–H groups in total. The fourth-order valence-electron chi connectivity index (χ4n) is 3.71. The number of anilines is 1. The number of aryl methyl sites for hydroxylation is 1. The lowest BCUT2D eigenvalue weighted by Gasteiger charge is -2.15. The van der Waals surface area contributed by atoms with Crippen LogP contribution in [0, 0.1) is 0 Å². The molecule has 5 aromatic rings. The van der Waals surface area contributed by atoms with Crippen molar-refractivity contribution in [2.24, 2.45) is 7.05 Å². The highest BCUT2D eigenvalue weighted by atomic mass is 32.2. The van der Waals surface area contributed by atoms with Crippen LogP contribution in [-0.2, 0) is 23.2 Å². The molecule has 3 aromatic heterocycles. The second-order valence-corrected chi connectivity index (χ2v) is 9.96. The fourth-order valence-corrected chi connectivity index (χ4v) is 5.40. The van der Waals surface area contributed by atoms with E-state index in [2.05, 4.69) is 24.2 Å². The number of aromatic nitrogens is 5. The van der Waals surface area contributed by atoms with Gasteiger partial charge in [-0.05, 0) is 41.8 Å². The molecular formula is C22H15F3N6O2S2. The first-order valence-electron chi connectivity index (χ1n) is 10.0. The van der Waals surface area contributed by atoms with Crippen molar-refractivity contribution in [3.05, 3.63) is 72.8 Å².